The summed E-state index contributed by atoms with van der Waals surface area (Å²) in [5, 5.41) is 0. The molecular formula is C16H24OSi. The smallest absolute Gasteiger partial charge is 0.120 e. The highest BCUT2D eigenvalue weighted by atomic mass is 28.3. The van der Waals surface area contributed by atoms with E-state index < -0.39 is 8.07 Å². The highest BCUT2D eigenvalue weighted by Crippen LogP contribution is 2.25. The van der Waals surface area contributed by atoms with Crippen molar-refractivity contribution in [2.45, 2.75) is 45.3 Å². The Hall–Kier alpha value is -1.02. The lowest BCUT2D eigenvalue weighted by Crippen LogP contribution is -2.16. The van der Waals surface area contributed by atoms with Crippen LogP contribution in [0.1, 0.15) is 24.0 Å². The van der Waals surface area contributed by atoms with Crippen molar-refractivity contribution in [3.63, 3.8) is 0 Å². The van der Waals surface area contributed by atoms with Gasteiger partial charge in [0.05, 0.1) is 8.07 Å². The SMILES string of the molecule is C[Si](C)(C)/C=C/COc1ccc2c(c1)CCCC2. The topological polar surface area (TPSA) is 9.23 Å². The number of aryl methyl sites for hydroxylation is 2. The van der Waals surface area contributed by atoms with E-state index >= 15 is 0 Å². The Kier molecular flexibility index (Phi) is 4.28. The second kappa shape index (κ2) is 5.74. The van der Waals surface area contributed by atoms with E-state index in [1.165, 1.54) is 36.8 Å². The van der Waals surface area contributed by atoms with Crippen molar-refractivity contribution in [2.75, 3.05) is 6.61 Å². The summed E-state index contributed by atoms with van der Waals surface area (Å²) in [6.07, 6.45) is 7.30. The van der Waals surface area contributed by atoms with Crippen LogP contribution in [0.4, 0.5) is 0 Å². The quantitative estimate of drug-likeness (QED) is 0.730. The molecule has 0 radical (unpaired) electrons. The Labute approximate surface area is 112 Å². The molecule has 1 aromatic carbocycles. The van der Waals surface area contributed by atoms with Crippen LogP contribution < -0.4 is 4.74 Å². The Morgan fingerprint density at radius 3 is 2.56 bits per heavy atom. The van der Waals surface area contributed by atoms with Gasteiger partial charge in [-0.1, -0.05) is 37.5 Å². The molecule has 0 bridgehead atoms. The van der Waals surface area contributed by atoms with Gasteiger partial charge in [0.2, 0.25) is 0 Å². The summed E-state index contributed by atoms with van der Waals surface area (Å²) < 4.78 is 5.80. The number of rotatable bonds is 4. The number of ether oxygens (including phenoxy) is 1. The molecule has 0 saturated heterocycles. The standard InChI is InChI=1S/C16H24OSi/c1-18(2,3)12-6-11-17-16-10-9-14-7-4-5-8-15(14)13-16/h6,9-10,12-13H,4-5,7-8,11H2,1-3H3/b12-6+. The van der Waals surface area contributed by atoms with Gasteiger partial charge >= 0.3 is 0 Å². The summed E-state index contributed by atoms with van der Waals surface area (Å²) in [5.74, 6) is 1.02. The third-order valence-electron chi connectivity index (χ3n) is 3.28. The predicted octanol–water partition coefficient (Wildman–Crippen LogP) is 4.38. The third-order valence-corrected chi connectivity index (χ3v) is 4.52. The first-order valence-electron chi connectivity index (χ1n) is 6.97. The van der Waals surface area contributed by atoms with Crippen molar-refractivity contribution < 1.29 is 4.74 Å². The second-order valence-corrected chi connectivity index (χ2v) is 11.3. The van der Waals surface area contributed by atoms with Gasteiger partial charge in [0.15, 0.2) is 0 Å². The van der Waals surface area contributed by atoms with Crippen molar-refractivity contribution in [2.24, 2.45) is 0 Å². The van der Waals surface area contributed by atoms with Crippen LogP contribution in [0.5, 0.6) is 5.75 Å². The summed E-state index contributed by atoms with van der Waals surface area (Å²) >= 11 is 0. The van der Waals surface area contributed by atoms with Crippen LogP contribution in [-0.4, -0.2) is 14.7 Å². The molecule has 2 rings (SSSR count). The zero-order valence-corrected chi connectivity index (χ0v) is 12.8. The summed E-state index contributed by atoms with van der Waals surface area (Å²) in [7, 11) is -1.08. The van der Waals surface area contributed by atoms with Crippen LogP contribution in [0.25, 0.3) is 0 Å². The molecule has 0 atom stereocenters. The molecule has 1 aromatic rings. The van der Waals surface area contributed by atoms with Crippen molar-refractivity contribution in [1.82, 2.24) is 0 Å². The molecule has 1 aliphatic rings. The molecule has 2 heteroatoms. The van der Waals surface area contributed by atoms with E-state index in [4.69, 9.17) is 4.74 Å². The Balaban J connectivity index is 1.92. The van der Waals surface area contributed by atoms with E-state index in [1.807, 2.05) is 0 Å². The largest absolute Gasteiger partial charge is 0.490 e. The fourth-order valence-corrected chi connectivity index (χ4v) is 3.15. The van der Waals surface area contributed by atoms with E-state index in [2.05, 4.69) is 49.6 Å². The van der Waals surface area contributed by atoms with Gasteiger partial charge < -0.3 is 4.74 Å². The monoisotopic (exact) mass is 260 g/mol. The van der Waals surface area contributed by atoms with E-state index in [1.54, 1.807) is 0 Å². The predicted molar refractivity (Wildman–Crippen MR) is 81.1 cm³/mol. The highest BCUT2D eigenvalue weighted by Gasteiger charge is 2.10. The molecule has 0 aliphatic heterocycles. The molecule has 0 spiro atoms. The average Bonchev–Trinajstić information content (AvgIpc) is 2.33. The minimum atomic E-state index is -1.08. The second-order valence-electron chi connectivity index (χ2n) is 6.22. The Morgan fingerprint density at radius 2 is 1.83 bits per heavy atom. The van der Waals surface area contributed by atoms with Crippen LogP contribution in [0.2, 0.25) is 19.6 Å². The molecule has 0 amide bonds. The number of fused-ring (bicyclic) bond motifs is 1. The fourth-order valence-electron chi connectivity index (χ4n) is 2.35. The summed E-state index contributed by atoms with van der Waals surface area (Å²) in [4.78, 5) is 0. The number of hydrogen-bond acceptors (Lipinski definition) is 1. The maximum atomic E-state index is 5.80. The van der Waals surface area contributed by atoms with Crippen molar-refractivity contribution >= 4 is 8.07 Å². The number of hydrogen-bond donors (Lipinski definition) is 0. The van der Waals surface area contributed by atoms with Gasteiger partial charge in [0.1, 0.15) is 12.4 Å². The van der Waals surface area contributed by atoms with Crippen molar-refractivity contribution in [3.8, 4) is 5.75 Å². The summed E-state index contributed by atoms with van der Waals surface area (Å²) in [6.45, 7) is 7.70. The Bertz CT molecular complexity index is 429. The lowest BCUT2D eigenvalue weighted by molar-refractivity contribution is 0.362. The normalized spacial score (nSPS) is 15.7. The maximum absolute atomic E-state index is 5.80. The van der Waals surface area contributed by atoms with E-state index in [-0.39, 0.29) is 0 Å². The molecule has 0 fully saturated rings. The van der Waals surface area contributed by atoms with Gasteiger partial charge in [0.25, 0.3) is 0 Å². The molecule has 0 heterocycles. The van der Waals surface area contributed by atoms with Gasteiger partial charge in [-0.25, -0.2) is 0 Å². The summed E-state index contributed by atoms with van der Waals surface area (Å²) in [6, 6.07) is 6.59. The molecule has 18 heavy (non-hydrogen) atoms. The third kappa shape index (κ3) is 4.02. The molecule has 0 unspecified atom stereocenters. The first kappa shape index (κ1) is 13.4. The highest BCUT2D eigenvalue weighted by molar-refractivity contribution is 6.80. The van der Waals surface area contributed by atoms with Crippen LogP contribution in [-0.2, 0) is 12.8 Å². The minimum absolute atomic E-state index is 0.697. The Morgan fingerprint density at radius 1 is 1.11 bits per heavy atom. The first-order chi connectivity index (χ1) is 8.54. The zero-order valence-electron chi connectivity index (χ0n) is 11.8. The van der Waals surface area contributed by atoms with Crippen molar-refractivity contribution in [3.05, 3.63) is 41.1 Å². The molecule has 1 nitrogen and oxygen atoms in total. The lowest BCUT2D eigenvalue weighted by atomic mass is 9.92. The molecule has 0 N–H and O–H groups in total. The molecule has 0 aromatic heterocycles. The minimum Gasteiger partial charge on any atom is -0.490 e. The van der Waals surface area contributed by atoms with E-state index in [0.717, 1.165) is 5.75 Å². The molecule has 1 aliphatic carbocycles. The van der Waals surface area contributed by atoms with Crippen molar-refractivity contribution in [1.29, 1.82) is 0 Å². The van der Waals surface area contributed by atoms with Gasteiger partial charge in [0, 0.05) is 0 Å². The number of benzene rings is 1. The molecular weight excluding hydrogens is 236 g/mol. The van der Waals surface area contributed by atoms with E-state index in [9.17, 15) is 0 Å². The molecule has 98 valence electrons. The van der Waals surface area contributed by atoms with Gasteiger partial charge in [-0.05, 0) is 48.9 Å². The summed E-state index contributed by atoms with van der Waals surface area (Å²) in [5.41, 5.74) is 5.35. The van der Waals surface area contributed by atoms with Crippen LogP contribution in [0.3, 0.4) is 0 Å². The van der Waals surface area contributed by atoms with Crippen LogP contribution in [0, 0.1) is 0 Å². The van der Waals surface area contributed by atoms with E-state index in [0.29, 0.717) is 6.61 Å². The van der Waals surface area contributed by atoms with Crippen LogP contribution >= 0.6 is 0 Å². The first-order valence-corrected chi connectivity index (χ1v) is 10.5. The van der Waals surface area contributed by atoms with Crippen LogP contribution in [0.15, 0.2) is 30.0 Å². The maximum Gasteiger partial charge on any atom is 0.120 e. The van der Waals surface area contributed by atoms with Gasteiger partial charge in [-0.2, -0.15) is 0 Å². The average molecular weight is 260 g/mol. The zero-order chi connectivity index (χ0) is 13.0. The fraction of sp³-hybridized carbons (Fsp3) is 0.500. The van der Waals surface area contributed by atoms with Gasteiger partial charge in [-0.3, -0.25) is 0 Å². The van der Waals surface area contributed by atoms with Gasteiger partial charge in [-0.15, -0.1) is 0 Å². The lowest BCUT2D eigenvalue weighted by Gasteiger charge is -2.16. The molecule has 0 saturated carbocycles.